The summed E-state index contributed by atoms with van der Waals surface area (Å²) in [5.41, 5.74) is 0.838. The van der Waals surface area contributed by atoms with Crippen molar-refractivity contribution in [3.05, 3.63) is 47.9 Å². The number of hydrogen-bond donors (Lipinski definition) is 0. The standard InChI is InChI=1S/C11H9FN2OS/c12-9-3-1-2-8(6-9)7-16-11-13-5-4-10(15)14-11/h1-6H,7H2,(H,13,14,15)/p-1. The third kappa shape index (κ3) is 2.93. The molecule has 0 bridgehead atoms. The van der Waals surface area contributed by atoms with Gasteiger partial charge in [-0.25, -0.2) is 14.4 Å². The fraction of sp³-hybridized carbons (Fsp3) is 0.0909. The molecule has 3 nitrogen and oxygen atoms in total. The van der Waals surface area contributed by atoms with Gasteiger partial charge in [-0.3, -0.25) is 0 Å². The van der Waals surface area contributed by atoms with Gasteiger partial charge in [0.2, 0.25) is 0 Å². The summed E-state index contributed by atoms with van der Waals surface area (Å²) in [6, 6.07) is 7.61. The Morgan fingerprint density at radius 3 is 2.94 bits per heavy atom. The van der Waals surface area contributed by atoms with E-state index in [4.69, 9.17) is 0 Å². The molecule has 0 unspecified atom stereocenters. The first kappa shape index (κ1) is 10.9. The molecule has 2 aromatic rings. The minimum atomic E-state index is -0.309. The van der Waals surface area contributed by atoms with Crippen LogP contribution < -0.4 is 5.11 Å². The van der Waals surface area contributed by atoms with Gasteiger partial charge in [0.1, 0.15) is 5.82 Å². The highest BCUT2D eigenvalue weighted by Crippen LogP contribution is 2.19. The van der Waals surface area contributed by atoms with E-state index in [0.29, 0.717) is 10.9 Å². The Morgan fingerprint density at radius 2 is 2.19 bits per heavy atom. The van der Waals surface area contributed by atoms with Crippen LogP contribution in [0, 0.1) is 5.82 Å². The van der Waals surface area contributed by atoms with Gasteiger partial charge in [-0.05, 0) is 29.6 Å². The first-order valence-corrected chi connectivity index (χ1v) is 5.60. The molecule has 0 saturated heterocycles. The second-order valence-corrected chi connectivity index (χ2v) is 4.04. The van der Waals surface area contributed by atoms with E-state index in [1.165, 1.54) is 36.2 Å². The van der Waals surface area contributed by atoms with E-state index in [0.717, 1.165) is 5.56 Å². The van der Waals surface area contributed by atoms with Gasteiger partial charge in [-0.1, -0.05) is 23.9 Å². The zero-order chi connectivity index (χ0) is 11.4. The highest BCUT2D eigenvalue weighted by Gasteiger charge is 1.99. The molecule has 1 aromatic heterocycles. The van der Waals surface area contributed by atoms with Crippen LogP contribution in [-0.4, -0.2) is 9.97 Å². The second-order valence-electron chi connectivity index (χ2n) is 3.10. The maximum Gasteiger partial charge on any atom is 0.187 e. The minimum Gasteiger partial charge on any atom is -0.859 e. The van der Waals surface area contributed by atoms with Gasteiger partial charge in [0, 0.05) is 11.9 Å². The smallest absolute Gasteiger partial charge is 0.187 e. The highest BCUT2D eigenvalue weighted by atomic mass is 32.2. The Morgan fingerprint density at radius 1 is 1.31 bits per heavy atom. The number of nitrogens with zero attached hydrogens (tertiary/aromatic N) is 2. The molecule has 5 heteroatoms. The van der Waals surface area contributed by atoms with Crippen molar-refractivity contribution in [1.82, 2.24) is 9.97 Å². The number of benzene rings is 1. The van der Waals surface area contributed by atoms with Gasteiger partial charge >= 0.3 is 0 Å². The summed E-state index contributed by atoms with van der Waals surface area (Å²) < 4.78 is 12.9. The van der Waals surface area contributed by atoms with Gasteiger partial charge in [0.25, 0.3) is 0 Å². The third-order valence-corrected chi connectivity index (χ3v) is 2.80. The van der Waals surface area contributed by atoms with Crippen LogP contribution in [0.25, 0.3) is 0 Å². The van der Waals surface area contributed by atoms with Gasteiger partial charge in [0.05, 0.1) is 0 Å². The first-order chi connectivity index (χ1) is 7.74. The predicted molar refractivity (Wildman–Crippen MR) is 57.4 cm³/mol. The molecule has 16 heavy (non-hydrogen) atoms. The fourth-order valence-electron chi connectivity index (χ4n) is 1.17. The molecule has 0 aliphatic carbocycles. The summed E-state index contributed by atoms with van der Waals surface area (Å²) in [5.74, 6) is -0.0327. The quantitative estimate of drug-likeness (QED) is 0.603. The maximum absolute atomic E-state index is 12.9. The molecule has 0 atom stereocenters. The Hall–Kier alpha value is -1.62. The van der Waals surface area contributed by atoms with Crippen LogP contribution in [-0.2, 0) is 5.75 Å². The van der Waals surface area contributed by atoms with Crippen molar-refractivity contribution in [2.24, 2.45) is 0 Å². The molecule has 0 saturated carbocycles. The summed E-state index contributed by atoms with van der Waals surface area (Å²) in [5, 5.41) is 11.3. The van der Waals surface area contributed by atoms with Crippen LogP contribution in [0.1, 0.15) is 5.56 Å². The minimum absolute atomic E-state index is 0.267. The van der Waals surface area contributed by atoms with E-state index in [1.54, 1.807) is 6.07 Å². The van der Waals surface area contributed by atoms with Crippen LogP contribution in [0.5, 0.6) is 5.88 Å². The van der Waals surface area contributed by atoms with Crippen LogP contribution in [0.2, 0.25) is 0 Å². The highest BCUT2D eigenvalue weighted by molar-refractivity contribution is 7.98. The van der Waals surface area contributed by atoms with Crippen molar-refractivity contribution in [3.63, 3.8) is 0 Å². The Labute approximate surface area is 96.4 Å². The van der Waals surface area contributed by atoms with Crippen LogP contribution >= 0.6 is 11.8 Å². The van der Waals surface area contributed by atoms with Crippen molar-refractivity contribution >= 4 is 11.8 Å². The Kier molecular flexibility index (Phi) is 3.36. The molecule has 0 aliphatic heterocycles. The molecule has 0 aliphatic rings. The average molecular weight is 235 g/mol. The van der Waals surface area contributed by atoms with Crippen molar-refractivity contribution < 1.29 is 9.50 Å². The van der Waals surface area contributed by atoms with Crippen LogP contribution in [0.4, 0.5) is 4.39 Å². The van der Waals surface area contributed by atoms with Gasteiger partial charge in [-0.2, -0.15) is 0 Å². The molecule has 0 amide bonds. The number of rotatable bonds is 3. The van der Waals surface area contributed by atoms with Gasteiger partial charge < -0.3 is 5.11 Å². The van der Waals surface area contributed by atoms with Gasteiger partial charge in [-0.15, -0.1) is 0 Å². The summed E-state index contributed by atoms with van der Waals surface area (Å²) >= 11 is 1.31. The molecule has 82 valence electrons. The fourth-order valence-corrected chi connectivity index (χ4v) is 1.93. The number of thioether (sulfide) groups is 1. The van der Waals surface area contributed by atoms with E-state index in [1.807, 2.05) is 6.07 Å². The monoisotopic (exact) mass is 235 g/mol. The van der Waals surface area contributed by atoms with Crippen molar-refractivity contribution in [3.8, 4) is 5.88 Å². The molecule has 0 radical (unpaired) electrons. The lowest BCUT2D eigenvalue weighted by molar-refractivity contribution is -0.275. The second kappa shape index (κ2) is 4.94. The zero-order valence-electron chi connectivity index (χ0n) is 8.26. The SMILES string of the molecule is [O-]c1ccnc(SCc2cccc(F)c2)n1. The topological polar surface area (TPSA) is 48.8 Å². The van der Waals surface area contributed by atoms with Crippen molar-refractivity contribution in [2.75, 3.05) is 0 Å². The normalized spacial score (nSPS) is 10.3. The number of hydrogen-bond acceptors (Lipinski definition) is 4. The summed E-state index contributed by atoms with van der Waals surface area (Å²) in [6.07, 6.45) is 1.42. The lowest BCUT2D eigenvalue weighted by Crippen LogP contribution is -1.96. The zero-order valence-corrected chi connectivity index (χ0v) is 9.08. The Bertz CT molecular complexity index is 447. The molecule has 1 heterocycles. The van der Waals surface area contributed by atoms with Gasteiger partial charge in [0.15, 0.2) is 5.16 Å². The predicted octanol–water partition coefficient (Wildman–Crippen LogP) is 1.98. The molecule has 0 spiro atoms. The molecule has 2 rings (SSSR count). The van der Waals surface area contributed by atoms with E-state index in [9.17, 15) is 9.50 Å². The molecular weight excluding hydrogens is 227 g/mol. The first-order valence-electron chi connectivity index (χ1n) is 4.61. The lowest BCUT2D eigenvalue weighted by Gasteiger charge is -2.05. The molecular formula is C11H8FN2OS-. The average Bonchev–Trinajstić information content (AvgIpc) is 2.27. The van der Waals surface area contributed by atoms with Crippen LogP contribution in [0.15, 0.2) is 41.7 Å². The van der Waals surface area contributed by atoms with Crippen LogP contribution in [0.3, 0.4) is 0 Å². The molecule has 1 aromatic carbocycles. The van der Waals surface area contributed by atoms with E-state index in [-0.39, 0.29) is 11.7 Å². The number of halogens is 1. The summed E-state index contributed by atoms with van der Waals surface area (Å²) in [7, 11) is 0. The lowest BCUT2D eigenvalue weighted by atomic mass is 10.2. The van der Waals surface area contributed by atoms with E-state index < -0.39 is 0 Å². The number of aromatic nitrogens is 2. The van der Waals surface area contributed by atoms with Crippen molar-refractivity contribution in [2.45, 2.75) is 10.9 Å². The summed E-state index contributed by atoms with van der Waals surface area (Å²) in [6.45, 7) is 0. The molecule has 0 fully saturated rings. The maximum atomic E-state index is 12.9. The van der Waals surface area contributed by atoms with Crippen molar-refractivity contribution in [1.29, 1.82) is 0 Å². The Balaban J connectivity index is 2.02. The van der Waals surface area contributed by atoms with E-state index in [2.05, 4.69) is 9.97 Å². The molecule has 0 N–H and O–H groups in total. The third-order valence-electron chi connectivity index (χ3n) is 1.86. The summed E-state index contributed by atoms with van der Waals surface area (Å²) in [4.78, 5) is 7.65. The van der Waals surface area contributed by atoms with E-state index >= 15 is 0 Å². The largest absolute Gasteiger partial charge is 0.859 e.